The van der Waals surface area contributed by atoms with Crippen LogP contribution in [0.1, 0.15) is 19.3 Å². The minimum atomic E-state index is -0.658. The Hall–Kier alpha value is -1.39. The number of nitrogen functional groups attached to an aromatic ring is 1. The van der Waals surface area contributed by atoms with Gasteiger partial charge in [0.15, 0.2) is 5.82 Å². The smallest absolute Gasteiger partial charge is 0.241 e. The maximum Gasteiger partial charge on any atom is 0.241 e. The van der Waals surface area contributed by atoms with Crippen molar-refractivity contribution in [2.24, 2.45) is 5.92 Å². The standard InChI is InChI=1S/C9H13FN4/c10-8-7(11)9(14-5-13-8)12-4-3-6-1-2-6/h5-6H,1-4,11H2,(H,12,13,14). The summed E-state index contributed by atoms with van der Waals surface area (Å²) in [6.45, 7) is 0.797. The van der Waals surface area contributed by atoms with Crippen molar-refractivity contribution in [2.75, 3.05) is 17.6 Å². The minimum absolute atomic E-state index is 0.00305. The molecule has 0 amide bonds. The van der Waals surface area contributed by atoms with Crippen LogP contribution in [0.25, 0.3) is 0 Å². The van der Waals surface area contributed by atoms with Crippen molar-refractivity contribution >= 4 is 11.5 Å². The fourth-order valence-electron chi connectivity index (χ4n) is 1.32. The number of aromatic nitrogens is 2. The normalized spacial score (nSPS) is 15.5. The number of hydrogen-bond donors (Lipinski definition) is 2. The molecule has 0 radical (unpaired) electrons. The molecule has 14 heavy (non-hydrogen) atoms. The van der Waals surface area contributed by atoms with E-state index in [4.69, 9.17) is 5.73 Å². The van der Waals surface area contributed by atoms with Crippen LogP contribution >= 0.6 is 0 Å². The number of nitrogens with zero attached hydrogens (tertiary/aromatic N) is 2. The van der Waals surface area contributed by atoms with Crippen LogP contribution in [0.2, 0.25) is 0 Å². The quantitative estimate of drug-likeness (QED) is 0.715. The Morgan fingerprint density at radius 2 is 2.29 bits per heavy atom. The molecular weight excluding hydrogens is 183 g/mol. The van der Waals surface area contributed by atoms with Gasteiger partial charge in [0, 0.05) is 6.54 Å². The molecule has 0 aromatic carbocycles. The van der Waals surface area contributed by atoms with Crippen molar-refractivity contribution in [3.8, 4) is 0 Å². The molecule has 0 atom stereocenters. The van der Waals surface area contributed by atoms with Gasteiger partial charge in [-0.1, -0.05) is 12.8 Å². The number of rotatable bonds is 4. The van der Waals surface area contributed by atoms with E-state index in [1.54, 1.807) is 0 Å². The molecule has 0 saturated heterocycles. The molecule has 0 spiro atoms. The van der Waals surface area contributed by atoms with E-state index in [9.17, 15) is 4.39 Å². The number of halogens is 1. The van der Waals surface area contributed by atoms with Crippen molar-refractivity contribution in [1.82, 2.24) is 9.97 Å². The lowest BCUT2D eigenvalue weighted by molar-refractivity contribution is 0.585. The molecule has 76 valence electrons. The summed E-state index contributed by atoms with van der Waals surface area (Å²) in [6.07, 6.45) is 4.90. The topological polar surface area (TPSA) is 63.8 Å². The molecule has 1 aromatic rings. The number of hydrogen-bond acceptors (Lipinski definition) is 4. The van der Waals surface area contributed by atoms with E-state index in [0.717, 1.165) is 18.9 Å². The molecular formula is C9H13FN4. The first-order chi connectivity index (χ1) is 6.77. The molecule has 1 aliphatic rings. The highest BCUT2D eigenvalue weighted by Gasteiger charge is 2.20. The number of nitrogens with one attached hydrogen (secondary N) is 1. The zero-order valence-corrected chi connectivity index (χ0v) is 7.83. The second kappa shape index (κ2) is 3.77. The van der Waals surface area contributed by atoms with Gasteiger partial charge in [0.05, 0.1) is 0 Å². The van der Waals surface area contributed by atoms with Crippen molar-refractivity contribution in [3.05, 3.63) is 12.3 Å². The van der Waals surface area contributed by atoms with Crippen molar-refractivity contribution < 1.29 is 4.39 Å². The van der Waals surface area contributed by atoms with Crippen LogP contribution in [0.5, 0.6) is 0 Å². The molecule has 1 aromatic heterocycles. The molecule has 1 saturated carbocycles. The first-order valence-corrected chi connectivity index (χ1v) is 4.77. The first kappa shape index (κ1) is 9.18. The summed E-state index contributed by atoms with van der Waals surface area (Å²) >= 11 is 0. The molecule has 3 N–H and O–H groups in total. The molecule has 0 aliphatic heterocycles. The first-order valence-electron chi connectivity index (χ1n) is 4.77. The number of nitrogens with two attached hydrogens (primary N) is 1. The minimum Gasteiger partial charge on any atom is -0.392 e. The Bertz CT molecular complexity index is 325. The Morgan fingerprint density at radius 1 is 1.50 bits per heavy atom. The SMILES string of the molecule is Nc1c(F)ncnc1NCCC1CC1. The molecule has 5 heteroatoms. The van der Waals surface area contributed by atoms with Crippen molar-refractivity contribution in [2.45, 2.75) is 19.3 Å². The van der Waals surface area contributed by atoms with Crippen LogP contribution in [-0.2, 0) is 0 Å². The van der Waals surface area contributed by atoms with E-state index >= 15 is 0 Å². The zero-order chi connectivity index (χ0) is 9.97. The second-order valence-corrected chi connectivity index (χ2v) is 3.59. The zero-order valence-electron chi connectivity index (χ0n) is 7.83. The van der Waals surface area contributed by atoms with Gasteiger partial charge in [-0.25, -0.2) is 9.97 Å². The third-order valence-electron chi connectivity index (χ3n) is 2.38. The predicted octanol–water partition coefficient (Wildman–Crippen LogP) is 1.41. The fourth-order valence-corrected chi connectivity index (χ4v) is 1.32. The summed E-state index contributed by atoms with van der Waals surface area (Å²) < 4.78 is 12.9. The second-order valence-electron chi connectivity index (χ2n) is 3.59. The van der Waals surface area contributed by atoms with E-state index in [1.165, 1.54) is 19.2 Å². The van der Waals surface area contributed by atoms with Crippen LogP contribution in [0.4, 0.5) is 15.9 Å². The molecule has 4 nitrogen and oxygen atoms in total. The van der Waals surface area contributed by atoms with Gasteiger partial charge >= 0.3 is 0 Å². The summed E-state index contributed by atoms with van der Waals surface area (Å²) in [5.41, 5.74) is 5.46. The van der Waals surface area contributed by atoms with Gasteiger partial charge in [-0.15, -0.1) is 0 Å². The predicted molar refractivity (Wildman–Crippen MR) is 52.2 cm³/mol. The van der Waals surface area contributed by atoms with E-state index in [1.807, 2.05) is 0 Å². The van der Waals surface area contributed by atoms with Gasteiger partial charge in [-0.2, -0.15) is 4.39 Å². The third-order valence-corrected chi connectivity index (χ3v) is 2.38. The van der Waals surface area contributed by atoms with Gasteiger partial charge in [0.25, 0.3) is 0 Å². The highest BCUT2D eigenvalue weighted by atomic mass is 19.1. The molecule has 1 heterocycles. The van der Waals surface area contributed by atoms with Crippen molar-refractivity contribution in [1.29, 1.82) is 0 Å². The maximum absolute atomic E-state index is 12.9. The van der Waals surface area contributed by atoms with Gasteiger partial charge in [-0.3, -0.25) is 0 Å². The monoisotopic (exact) mass is 196 g/mol. The summed E-state index contributed by atoms with van der Waals surface area (Å²) in [5.74, 6) is 0.586. The van der Waals surface area contributed by atoms with Crippen LogP contribution in [0, 0.1) is 11.9 Å². The Morgan fingerprint density at radius 3 is 3.00 bits per heavy atom. The Labute approximate surface area is 81.7 Å². The lowest BCUT2D eigenvalue weighted by atomic mass is 10.3. The number of anilines is 2. The van der Waals surface area contributed by atoms with E-state index in [-0.39, 0.29) is 5.69 Å². The largest absolute Gasteiger partial charge is 0.392 e. The van der Waals surface area contributed by atoms with Gasteiger partial charge in [0.1, 0.15) is 12.0 Å². The van der Waals surface area contributed by atoms with Gasteiger partial charge in [0.2, 0.25) is 5.95 Å². The molecule has 0 unspecified atom stereocenters. The lowest BCUT2D eigenvalue weighted by Gasteiger charge is -2.06. The maximum atomic E-state index is 12.9. The van der Waals surface area contributed by atoms with Crippen LogP contribution in [0.15, 0.2) is 6.33 Å². The van der Waals surface area contributed by atoms with Crippen LogP contribution in [0.3, 0.4) is 0 Å². The van der Waals surface area contributed by atoms with E-state index in [2.05, 4.69) is 15.3 Å². The summed E-state index contributed by atoms with van der Waals surface area (Å²) in [5, 5.41) is 3.01. The van der Waals surface area contributed by atoms with Gasteiger partial charge in [-0.05, 0) is 12.3 Å². The van der Waals surface area contributed by atoms with Gasteiger partial charge < -0.3 is 11.1 Å². The average Bonchev–Trinajstić information content (AvgIpc) is 2.96. The fraction of sp³-hybridized carbons (Fsp3) is 0.556. The van der Waals surface area contributed by atoms with Crippen LogP contribution < -0.4 is 11.1 Å². The molecule has 0 bridgehead atoms. The molecule has 2 rings (SSSR count). The molecule has 1 fully saturated rings. The lowest BCUT2D eigenvalue weighted by Crippen LogP contribution is -2.08. The summed E-state index contributed by atoms with van der Waals surface area (Å²) in [4.78, 5) is 7.22. The van der Waals surface area contributed by atoms with Crippen LogP contribution in [-0.4, -0.2) is 16.5 Å². The molecule has 1 aliphatic carbocycles. The summed E-state index contributed by atoms with van der Waals surface area (Å²) in [6, 6.07) is 0. The third kappa shape index (κ3) is 2.10. The Kier molecular flexibility index (Phi) is 2.47. The van der Waals surface area contributed by atoms with Crippen molar-refractivity contribution in [3.63, 3.8) is 0 Å². The Balaban J connectivity index is 1.90. The highest BCUT2D eigenvalue weighted by Crippen LogP contribution is 2.32. The highest BCUT2D eigenvalue weighted by molar-refractivity contribution is 5.59. The average molecular weight is 196 g/mol. The summed E-state index contributed by atoms with van der Waals surface area (Å²) in [7, 11) is 0. The van der Waals surface area contributed by atoms with E-state index < -0.39 is 5.95 Å². The van der Waals surface area contributed by atoms with E-state index in [0.29, 0.717) is 5.82 Å².